The minimum Gasteiger partial charge on any atom is -0.479 e. The molecular formula is C17H23NO4. The summed E-state index contributed by atoms with van der Waals surface area (Å²) in [6.45, 7) is 12.6. The lowest BCUT2D eigenvalue weighted by Gasteiger charge is -2.21. The second-order valence-electron chi connectivity index (χ2n) is 7.12. The van der Waals surface area contributed by atoms with Crippen LogP contribution in [0.3, 0.4) is 0 Å². The highest BCUT2D eigenvalue weighted by Gasteiger charge is 2.41. The third-order valence-corrected chi connectivity index (χ3v) is 3.62. The molecule has 0 aromatic heterocycles. The number of carbonyl (C=O) groups is 2. The Hall–Kier alpha value is -2.04. The van der Waals surface area contributed by atoms with Gasteiger partial charge >= 0.3 is 6.09 Å². The fraction of sp³-hybridized carbons (Fsp3) is 0.529. The van der Waals surface area contributed by atoms with Crippen molar-refractivity contribution in [2.75, 3.05) is 5.32 Å². The van der Waals surface area contributed by atoms with Gasteiger partial charge < -0.3 is 9.47 Å². The van der Waals surface area contributed by atoms with E-state index in [1.807, 2.05) is 13.8 Å². The van der Waals surface area contributed by atoms with Crippen LogP contribution < -0.4 is 10.1 Å². The van der Waals surface area contributed by atoms with Crippen LogP contribution >= 0.6 is 0 Å². The van der Waals surface area contributed by atoms with E-state index in [2.05, 4.69) is 5.32 Å². The summed E-state index contributed by atoms with van der Waals surface area (Å²) in [5.74, 6) is 0.514. The van der Waals surface area contributed by atoms with Gasteiger partial charge in [0, 0.05) is 5.69 Å². The fourth-order valence-corrected chi connectivity index (χ4v) is 2.36. The standard InChI is InChI=1S/C17H23NO4/c1-9-10(2)13-11(14(19)17(6,7)21-13)8-12(9)18-15(20)22-16(3,4)5/h8H,1-7H3,(H,18,20). The number of Topliss-reactive ketones (excluding diaryl/α,β-unsaturated/α-hetero) is 1. The molecule has 120 valence electrons. The lowest BCUT2D eigenvalue weighted by molar-refractivity contribution is 0.0635. The molecule has 0 saturated carbocycles. The van der Waals surface area contributed by atoms with Crippen molar-refractivity contribution in [2.45, 2.75) is 59.7 Å². The summed E-state index contributed by atoms with van der Waals surface area (Å²) < 4.78 is 11.0. The summed E-state index contributed by atoms with van der Waals surface area (Å²) in [6, 6.07) is 1.67. The van der Waals surface area contributed by atoms with Crippen LogP contribution in [0.25, 0.3) is 0 Å². The van der Waals surface area contributed by atoms with Gasteiger partial charge in [-0.1, -0.05) is 0 Å². The van der Waals surface area contributed by atoms with E-state index >= 15 is 0 Å². The van der Waals surface area contributed by atoms with E-state index in [1.54, 1.807) is 40.7 Å². The Morgan fingerprint density at radius 2 is 1.82 bits per heavy atom. The summed E-state index contributed by atoms with van der Waals surface area (Å²) in [5.41, 5.74) is 1.33. The molecule has 1 N–H and O–H groups in total. The minimum absolute atomic E-state index is 0.0853. The van der Waals surface area contributed by atoms with Gasteiger partial charge in [-0.25, -0.2) is 4.79 Å². The predicted molar refractivity (Wildman–Crippen MR) is 84.8 cm³/mol. The van der Waals surface area contributed by atoms with Crippen LogP contribution in [0.5, 0.6) is 5.75 Å². The number of amides is 1. The van der Waals surface area contributed by atoms with E-state index in [1.165, 1.54) is 0 Å². The quantitative estimate of drug-likeness (QED) is 0.851. The summed E-state index contributed by atoms with van der Waals surface area (Å²) >= 11 is 0. The van der Waals surface area contributed by atoms with Gasteiger partial charge in [0.15, 0.2) is 5.60 Å². The monoisotopic (exact) mass is 305 g/mol. The lowest BCUT2D eigenvalue weighted by atomic mass is 9.96. The number of anilines is 1. The molecule has 1 heterocycles. The van der Waals surface area contributed by atoms with Gasteiger partial charge in [0.05, 0.1) is 5.56 Å². The maximum absolute atomic E-state index is 12.4. The molecule has 0 saturated heterocycles. The molecule has 1 amide bonds. The minimum atomic E-state index is -0.871. The first-order valence-corrected chi connectivity index (χ1v) is 7.30. The molecule has 22 heavy (non-hydrogen) atoms. The van der Waals surface area contributed by atoms with E-state index in [0.29, 0.717) is 17.0 Å². The summed E-state index contributed by atoms with van der Waals surface area (Å²) in [6.07, 6.45) is -0.541. The first-order valence-electron chi connectivity index (χ1n) is 7.30. The number of carbonyl (C=O) groups excluding carboxylic acids is 2. The zero-order valence-corrected chi connectivity index (χ0v) is 14.2. The zero-order chi connectivity index (χ0) is 16.9. The fourth-order valence-electron chi connectivity index (χ4n) is 2.36. The van der Waals surface area contributed by atoms with Crippen molar-refractivity contribution < 1.29 is 19.1 Å². The Balaban J connectivity index is 2.37. The average molecular weight is 305 g/mol. The van der Waals surface area contributed by atoms with Crippen molar-refractivity contribution in [1.29, 1.82) is 0 Å². The molecule has 0 fully saturated rings. The molecule has 5 heteroatoms. The molecular weight excluding hydrogens is 282 g/mol. The van der Waals surface area contributed by atoms with E-state index in [0.717, 1.165) is 11.1 Å². The molecule has 1 aliphatic heterocycles. The van der Waals surface area contributed by atoms with Crippen LogP contribution in [0.1, 0.15) is 56.1 Å². The smallest absolute Gasteiger partial charge is 0.412 e. The molecule has 0 aliphatic carbocycles. The molecule has 1 aromatic carbocycles. The topological polar surface area (TPSA) is 64.6 Å². The third kappa shape index (κ3) is 2.93. The second-order valence-corrected chi connectivity index (χ2v) is 7.12. The summed E-state index contributed by atoms with van der Waals surface area (Å²) in [4.78, 5) is 24.3. The predicted octanol–water partition coefficient (Wildman–Crippen LogP) is 4.00. The SMILES string of the molecule is Cc1c(NC(=O)OC(C)(C)C)cc2c(c1C)OC(C)(C)C2=O. The number of rotatable bonds is 1. The summed E-state index contributed by atoms with van der Waals surface area (Å²) in [5, 5.41) is 2.72. The third-order valence-electron chi connectivity index (χ3n) is 3.62. The number of ether oxygens (including phenoxy) is 2. The number of ketones is 1. The van der Waals surface area contributed by atoms with Gasteiger partial charge in [-0.15, -0.1) is 0 Å². The van der Waals surface area contributed by atoms with Crippen LogP contribution in [0, 0.1) is 13.8 Å². The summed E-state index contributed by atoms with van der Waals surface area (Å²) in [7, 11) is 0. The molecule has 1 aromatic rings. The van der Waals surface area contributed by atoms with E-state index in [-0.39, 0.29) is 5.78 Å². The highest BCUT2D eigenvalue weighted by atomic mass is 16.6. The Bertz CT molecular complexity index is 654. The first kappa shape index (κ1) is 16.3. The largest absolute Gasteiger partial charge is 0.479 e. The van der Waals surface area contributed by atoms with Crippen LogP contribution in [-0.4, -0.2) is 23.1 Å². The van der Waals surface area contributed by atoms with Crippen LogP contribution in [0.2, 0.25) is 0 Å². The highest BCUT2D eigenvalue weighted by molar-refractivity contribution is 6.08. The Labute approximate surface area is 131 Å². The lowest BCUT2D eigenvalue weighted by Crippen LogP contribution is -2.32. The van der Waals surface area contributed by atoms with Gasteiger partial charge in [-0.3, -0.25) is 10.1 Å². The van der Waals surface area contributed by atoms with Crippen molar-refractivity contribution in [1.82, 2.24) is 0 Å². The molecule has 0 radical (unpaired) electrons. The zero-order valence-electron chi connectivity index (χ0n) is 14.2. The van der Waals surface area contributed by atoms with Gasteiger partial charge in [0.1, 0.15) is 11.4 Å². The Kier molecular flexibility index (Phi) is 3.71. The highest BCUT2D eigenvalue weighted by Crippen LogP contribution is 2.41. The normalized spacial score (nSPS) is 16.0. The van der Waals surface area contributed by atoms with Crippen LogP contribution in [-0.2, 0) is 4.74 Å². The molecule has 0 atom stereocenters. The first-order chi connectivity index (χ1) is 9.92. The van der Waals surface area contributed by atoms with Crippen molar-refractivity contribution in [3.05, 3.63) is 22.8 Å². The van der Waals surface area contributed by atoms with Crippen molar-refractivity contribution in [2.24, 2.45) is 0 Å². The van der Waals surface area contributed by atoms with E-state index in [4.69, 9.17) is 9.47 Å². The van der Waals surface area contributed by atoms with E-state index < -0.39 is 17.3 Å². The van der Waals surface area contributed by atoms with Gasteiger partial charge in [0.25, 0.3) is 0 Å². The van der Waals surface area contributed by atoms with Gasteiger partial charge in [-0.2, -0.15) is 0 Å². The van der Waals surface area contributed by atoms with Crippen LogP contribution in [0.4, 0.5) is 10.5 Å². The van der Waals surface area contributed by atoms with Gasteiger partial charge in [0.2, 0.25) is 5.78 Å². The Morgan fingerprint density at radius 1 is 1.23 bits per heavy atom. The molecule has 2 rings (SSSR count). The van der Waals surface area contributed by atoms with Crippen molar-refractivity contribution >= 4 is 17.6 Å². The number of hydrogen-bond acceptors (Lipinski definition) is 4. The number of fused-ring (bicyclic) bond motifs is 1. The molecule has 1 aliphatic rings. The van der Waals surface area contributed by atoms with Crippen molar-refractivity contribution in [3.63, 3.8) is 0 Å². The number of nitrogens with one attached hydrogen (secondary N) is 1. The number of hydrogen-bond donors (Lipinski definition) is 1. The molecule has 0 spiro atoms. The Morgan fingerprint density at radius 3 is 2.36 bits per heavy atom. The molecule has 5 nitrogen and oxygen atoms in total. The van der Waals surface area contributed by atoms with Crippen LogP contribution in [0.15, 0.2) is 6.07 Å². The average Bonchev–Trinajstić information content (AvgIpc) is 2.56. The maximum Gasteiger partial charge on any atom is 0.412 e. The second kappa shape index (κ2) is 5.00. The van der Waals surface area contributed by atoms with Crippen molar-refractivity contribution in [3.8, 4) is 5.75 Å². The molecule has 0 bridgehead atoms. The molecule has 0 unspecified atom stereocenters. The maximum atomic E-state index is 12.4. The van der Waals surface area contributed by atoms with E-state index in [9.17, 15) is 9.59 Å². The van der Waals surface area contributed by atoms with Gasteiger partial charge in [-0.05, 0) is 65.7 Å². The number of benzene rings is 1.